The summed E-state index contributed by atoms with van der Waals surface area (Å²) < 4.78 is 26.0. The predicted molar refractivity (Wildman–Crippen MR) is 50.0 cm³/mol. The number of hydrogen-bond donors (Lipinski definition) is 1. The van der Waals surface area contributed by atoms with Crippen molar-refractivity contribution in [2.45, 2.75) is 6.42 Å². The van der Waals surface area contributed by atoms with E-state index in [9.17, 15) is 8.78 Å². The Bertz CT molecular complexity index is 405. The van der Waals surface area contributed by atoms with E-state index in [4.69, 9.17) is 11.0 Å². The lowest BCUT2D eigenvalue weighted by Crippen LogP contribution is -1.93. The summed E-state index contributed by atoms with van der Waals surface area (Å²) in [5.74, 6) is -1.26. The molecule has 1 aromatic carbocycles. The highest BCUT2D eigenvalue weighted by atomic mass is 19.1. The molecule has 0 unspecified atom stereocenters. The molecule has 2 N–H and O–H groups in total. The topological polar surface area (TPSA) is 49.8 Å². The van der Waals surface area contributed by atoms with E-state index in [1.807, 2.05) is 6.07 Å². The fraction of sp³-hybridized carbons (Fsp3) is 0.100. The first-order chi connectivity index (χ1) is 6.65. The maximum atomic E-state index is 13.1. The van der Waals surface area contributed by atoms with Gasteiger partial charge in [-0.05, 0) is 6.07 Å². The molecule has 0 saturated carbocycles. The van der Waals surface area contributed by atoms with Crippen LogP contribution < -0.4 is 5.73 Å². The summed E-state index contributed by atoms with van der Waals surface area (Å²) in [5.41, 5.74) is 5.02. The Kier molecular flexibility index (Phi) is 3.19. The molecular formula is C10H8F2N2. The Balaban J connectivity index is 2.99. The van der Waals surface area contributed by atoms with Crippen LogP contribution in [0.2, 0.25) is 0 Å². The SMILES string of the molecule is N#CCC=Cc1cc(F)c(N)cc1F. The molecule has 72 valence electrons. The molecule has 2 nitrogen and oxygen atoms in total. The number of nitriles is 1. The monoisotopic (exact) mass is 194 g/mol. The fourth-order valence-electron chi connectivity index (χ4n) is 0.944. The van der Waals surface area contributed by atoms with Gasteiger partial charge in [0, 0.05) is 11.6 Å². The second-order valence-electron chi connectivity index (χ2n) is 2.66. The second kappa shape index (κ2) is 4.38. The van der Waals surface area contributed by atoms with E-state index >= 15 is 0 Å². The third kappa shape index (κ3) is 2.30. The third-order valence-corrected chi connectivity index (χ3v) is 1.62. The standard InChI is InChI=1S/C10H8F2N2/c11-8-6-10(14)9(12)5-7(8)3-1-2-4-13/h1,3,5-6H,2,14H2. The molecule has 1 rings (SSSR count). The largest absolute Gasteiger partial charge is 0.396 e. The van der Waals surface area contributed by atoms with Crippen LogP contribution in [0.25, 0.3) is 6.08 Å². The van der Waals surface area contributed by atoms with Crippen LogP contribution in [0.4, 0.5) is 14.5 Å². The van der Waals surface area contributed by atoms with Crippen LogP contribution in [0, 0.1) is 23.0 Å². The normalized spacial score (nSPS) is 10.4. The molecule has 0 aromatic heterocycles. The zero-order valence-corrected chi connectivity index (χ0v) is 7.30. The number of allylic oxidation sites excluding steroid dienone is 1. The van der Waals surface area contributed by atoms with Gasteiger partial charge in [0.05, 0.1) is 18.2 Å². The molecule has 0 aliphatic heterocycles. The van der Waals surface area contributed by atoms with Crippen LogP contribution in [-0.2, 0) is 0 Å². The Labute approximate surface area is 80.3 Å². The van der Waals surface area contributed by atoms with Gasteiger partial charge in [0.25, 0.3) is 0 Å². The molecule has 0 heterocycles. The van der Waals surface area contributed by atoms with Crippen LogP contribution in [0.1, 0.15) is 12.0 Å². The minimum absolute atomic E-state index is 0.0898. The third-order valence-electron chi connectivity index (χ3n) is 1.62. The zero-order chi connectivity index (χ0) is 10.6. The average Bonchev–Trinajstić information content (AvgIpc) is 2.14. The van der Waals surface area contributed by atoms with Gasteiger partial charge in [0.15, 0.2) is 0 Å². The summed E-state index contributed by atoms with van der Waals surface area (Å²) in [6, 6.07) is 3.77. The van der Waals surface area contributed by atoms with E-state index in [0.29, 0.717) is 0 Å². The first-order valence-corrected chi connectivity index (χ1v) is 3.93. The van der Waals surface area contributed by atoms with E-state index in [1.54, 1.807) is 0 Å². The number of halogens is 2. The van der Waals surface area contributed by atoms with Crippen LogP contribution in [0.15, 0.2) is 18.2 Å². The van der Waals surface area contributed by atoms with Crippen molar-refractivity contribution in [2.24, 2.45) is 0 Å². The zero-order valence-electron chi connectivity index (χ0n) is 7.30. The van der Waals surface area contributed by atoms with E-state index in [1.165, 1.54) is 12.2 Å². The number of nitrogens with two attached hydrogens (primary N) is 1. The summed E-state index contributed by atoms with van der Waals surface area (Å²) in [6.07, 6.45) is 2.96. The summed E-state index contributed by atoms with van der Waals surface area (Å²) >= 11 is 0. The molecule has 0 atom stereocenters. The number of anilines is 1. The fourth-order valence-corrected chi connectivity index (χ4v) is 0.944. The molecule has 14 heavy (non-hydrogen) atoms. The van der Waals surface area contributed by atoms with Gasteiger partial charge < -0.3 is 5.73 Å². The van der Waals surface area contributed by atoms with Gasteiger partial charge in [-0.3, -0.25) is 0 Å². The quantitative estimate of drug-likeness (QED) is 0.735. The van der Waals surface area contributed by atoms with E-state index in [0.717, 1.165) is 12.1 Å². The number of benzene rings is 1. The van der Waals surface area contributed by atoms with E-state index in [-0.39, 0.29) is 17.7 Å². The lowest BCUT2D eigenvalue weighted by molar-refractivity contribution is 0.602. The van der Waals surface area contributed by atoms with Gasteiger partial charge in [0.1, 0.15) is 11.6 Å². The van der Waals surface area contributed by atoms with Gasteiger partial charge in [-0.25, -0.2) is 8.78 Å². The smallest absolute Gasteiger partial charge is 0.146 e. The summed E-state index contributed by atoms with van der Waals surface area (Å²) in [4.78, 5) is 0. The van der Waals surface area contributed by atoms with E-state index in [2.05, 4.69) is 0 Å². The number of nitrogens with zero attached hydrogens (tertiary/aromatic N) is 1. The summed E-state index contributed by atoms with van der Waals surface area (Å²) in [5, 5.41) is 8.22. The molecule has 0 spiro atoms. The van der Waals surface area contributed by atoms with Crippen molar-refractivity contribution in [3.63, 3.8) is 0 Å². The molecule has 0 bridgehead atoms. The molecule has 0 saturated heterocycles. The van der Waals surface area contributed by atoms with Crippen molar-refractivity contribution in [1.82, 2.24) is 0 Å². The highest BCUT2D eigenvalue weighted by molar-refractivity contribution is 5.55. The summed E-state index contributed by atoms with van der Waals surface area (Å²) in [6.45, 7) is 0. The molecule has 0 radical (unpaired) electrons. The Morgan fingerprint density at radius 2 is 2.07 bits per heavy atom. The van der Waals surface area contributed by atoms with Gasteiger partial charge in [0.2, 0.25) is 0 Å². The maximum absolute atomic E-state index is 13.1. The molecule has 4 heteroatoms. The van der Waals surface area contributed by atoms with Crippen molar-refractivity contribution >= 4 is 11.8 Å². The van der Waals surface area contributed by atoms with Crippen LogP contribution in [0.5, 0.6) is 0 Å². The first kappa shape index (κ1) is 10.2. The molecule has 0 fully saturated rings. The van der Waals surface area contributed by atoms with Crippen molar-refractivity contribution in [3.8, 4) is 6.07 Å². The van der Waals surface area contributed by atoms with Gasteiger partial charge in [-0.1, -0.05) is 12.2 Å². The van der Waals surface area contributed by atoms with Crippen LogP contribution in [-0.4, -0.2) is 0 Å². The van der Waals surface area contributed by atoms with Gasteiger partial charge in [-0.15, -0.1) is 0 Å². The Morgan fingerprint density at radius 3 is 2.71 bits per heavy atom. The lowest BCUT2D eigenvalue weighted by Gasteiger charge is -2.00. The van der Waals surface area contributed by atoms with Crippen molar-refractivity contribution in [1.29, 1.82) is 5.26 Å². The summed E-state index contributed by atoms with van der Waals surface area (Å²) in [7, 11) is 0. The molecule has 0 aliphatic rings. The second-order valence-corrected chi connectivity index (χ2v) is 2.66. The number of hydrogen-bond acceptors (Lipinski definition) is 2. The van der Waals surface area contributed by atoms with Gasteiger partial charge >= 0.3 is 0 Å². The molecule has 0 amide bonds. The minimum Gasteiger partial charge on any atom is -0.396 e. The average molecular weight is 194 g/mol. The van der Waals surface area contributed by atoms with Crippen molar-refractivity contribution in [2.75, 3.05) is 5.73 Å². The number of rotatable bonds is 2. The van der Waals surface area contributed by atoms with Crippen LogP contribution in [0.3, 0.4) is 0 Å². The molecule has 0 aliphatic carbocycles. The number of nitrogen functional groups attached to an aromatic ring is 1. The van der Waals surface area contributed by atoms with E-state index < -0.39 is 11.6 Å². The molecular weight excluding hydrogens is 186 g/mol. The van der Waals surface area contributed by atoms with Crippen LogP contribution >= 0.6 is 0 Å². The lowest BCUT2D eigenvalue weighted by atomic mass is 10.1. The van der Waals surface area contributed by atoms with Crippen molar-refractivity contribution < 1.29 is 8.78 Å². The highest BCUT2D eigenvalue weighted by Crippen LogP contribution is 2.17. The van der Waals surface area contributed by atoms with Gasteiger partial charge in [-0.2, -0.15) is 5.26 Å². The first-order valence-electron chi connectivity index (χ1n) is 3.93. The maximum Gasteiger partial charge on any atom is 0.146 e. The predicted octanol–water partition coefficient (Wildman–Crippen LogP) is 2.47. The Hall–Kier alpha value is -1.89. The molecule has 1 aromatic rings. The Morgan fingerprint density at radius 1 is 1.36 bits per heavy atom. The van der Waals surface area contributed by atoms with Crippen molar-refractivity contribution in [3.05, 3.63) is 35.4 Å². The highest BCUT2D eigenvalue weighted by Gasteiger charge is 2.04. The minimum atomic E-state index is -0.664.